The first-order valence-electron chi connectivity index (χ1n) is 5.68. The Morgan fingerprint density at radius 2 is 2.00 bits per heavy atom. The molecule has 1 heterocycles. The predicted octanol–water partition coefficient (Wildman–Crippen LogP) is 2.98. The van der Waals surface area contributed by atoms with Crippen molar-refractivity contribution >= 4 is 11.6 Å². The summed E-state index contributed by atoms with van der Waals surface area (Å²) in [6.07, 6.45) is 0.975. The van der Waals surface area contributed by atoms with Gasteiger partial charge < -0.3 is 9.47 Å². The molecular weight excluding hydrogens is 224 g/mol. The third-order valence-corrected chi connectivity index (χ3v) is 3.30. The summed E-state index contributed by atoms with van der Waals surface area (Å²) >= 11 is 5.85. The van der Waals surface area contributed by atoms with Crippen molar-refractivity contribution in [3.8, 4) is 5.75 Å². The fourth-order valence-corrected chi connectivity index (χ4v) is 2.42. The van der Waals surface area contributed by atoms with Crippen LogP contribution in [0.2, 0.25) is 0 Å². The molecule has 0 unspecified atom stereocenters. The lowest BCUT2D eigenvalue weighted by molar-refractivity contribution is -0.0615. The van der Waals surface area contributed by atoms with Gasteiger partial charge in [-0.25, -0.2) is 0 Å². The van der Waals surface area contributed by atoms with Crippen LogP contribution in [0.15, 0.2) is 24.3 Å². The van der Waals surface area contributed by atoms with Crippen molar-refractivity contribution in [2.24, 2.45) is 0 Å². The Balaban J connectivity index is 2.13. The zero-order chi connectivity index (χ0) is 11.4. The normalized spacial score (nSPS) is 17.9. The van der Waals surface area contributed by atoms with Crippen molar-refractivity contribution in [3.63, 3.8) is 0 Å². The predicted molar refractivity (Wildman–Crippen MR) is 65.4 cm³/mol. The maximum Gasteiger partial charge on any atom is 0.119 e. The highest BCUT2D eigenvalue weighted by molar-refractivity contribution is 6.17. The van der Waals surface area contributed by atoms with Crippen molar-refractivity contribution in [2.45, 2.75) is 18.8 Å². The molecule has 1 aromatic carbocycles. The van der Waals surface area contributed by atoms with Crippen LogP contribution < -0.4 is 4.74 Å². The van der Waals surface area contributed by atoms with Gasteiger partial charge in [-0.3, -0.25) is 0 Å². The molecule has 1 aromatic rings. The van der Waals surface area contributed by atoms with E-state index in [1.165, 1.54) is 5.56 Å². The summed E-state index contributed by atoms with van der Waals surface area (Å²) in [5, 5.41) is 0. The van der Waals surface area contributed by atoms with E-state index >= 15 is 0 Å². The molecule has 0 saturated carbocycles. The molecule has 1 saturated heterocycles. The van der Waals surface area contributed by atoms with Gasteiger partial charge in [0.1, 0.15) is 5.75 Å². The van der Waals surface area contributed by atoms with Crippen LogP contribution in [0.4, 0.5) is 0 Å². The van der Waals surface area contributed by atoms with Gasteiger partial charge in [0.05, 0.1) is 19.8 Å². The molecule has 3 heteroatoms. The zero-order valence-electron chi connectivity index (χ0n) is 9.54. The van der Waals surface area contributed by atoms with Crippen LogP contribution in [0.3, 0.4) is 0 Å². The highest BCUT2D eigenvalue weighted by atomic mass is 35.5. The maximum atomic E-state index is 5.85. The minimum atomic E-state index is 0.145. The lowest BCUT2D eigenvalue weighted by Crippen LogP contribution is -2.47. The molecular formula is C13H17ClO2. The molecule has 0 spiro atoms. The third kappa shape index (κ3) is 2.18. The Hall–Kier alpha value is -0.730. The number of benzene rings is 1. The van der Waals surface area contributed by atoms with Crippen LogP contribution in [0.5, 0.6) is 5.75 Å². The molecule has 0 atom stereocenters. The molecule has 0 aliphatic carbocycles. The summed E-state index contributed by atoms with van der Waals surface area (Å²) in [5.41, 5.74) is 1.45. The van der Waals surface area contributed by atoms with Crippen molar-refractivity contribution in [1.82, 2.24) is 0 Å². The van der Waals surface area contributed by atoms with Crippen molar-refractivity contribution in [2.75, 3.05) is 25.7 Å². The van der Waals surface area contributed by atoms with E-state index in [0.717, 1.165) is 25.4 Å². The molecule has 88 valence electrons. The third-order valence-electron chi connectivity index (χ3n) is 3.11. The van der Waals surface area contributed by atoms with Gasteiger partial charge in [0.25, 0.3) is 0 Å². The maximum absolute atomic E-state index is 5.85. The Kier molecular flexibility index (Phi) is 3.72. The van der Waals surface area contributed by atoms with E-state index in [1.807, 2.05) is 19.1 Å². The summed E-state index contributed by atoms with van der Waals surface area (Å²) in [6.45, 7) is 4.26. The van der Waals surface area contributed by atoms with Gasteiger partial charge in [0.2, 0.25) is 0 Å². The monoisotopic (exact) mass is 240 g/mol. The van der Waals surface area contributed by atoms with E-state index in [2.05, 4.69) is 12.1 Å². The van der Waals surface area contributed by atoms with Gasteiger partial charge >= 0.3 is 0 Å². The van der Waals surface area contributed by atoms with Crippen LogP contribution in [0.1, 0.15) is 18.9 Å². The topological polar surface area (TPSA) is 18.5 Å². The summed E-state index contributed by atoms with van der Waals surface area (Å²) in [7, 11) is 0. The van der Waals surface area contributed by atoms with Gasteiger partial charge in [-0.1, -0.05) is 12.1 Å². The fourth-order valence-electron chi connectivity index (χ4n) is 2.06. The highest BCUT2D eigenvalue weighted by Gasteiger charge is 2.39. The molecule has 0 aromatic heterocycles. The Morgan fingerprint density at radius 1 is 1.31 bits per heavy atom. The standard InChI is InChI=1S/C13H17ClO2/c1-2-16-12-5-3-11(4-6-12)13(7-8-14)9-15-10-13/h3-6H,2,7-10H2,1H3. The second kappa shape index (κ2) is 5.07. The molecule has 2 rings (SSSR count). The number of hydrogen-bond acceptors (Lipinski definition) is 2. The van der Waals surface area contributed by atoms with Crippen LogP contribution >= 0.6 is 11.6 Å². The smallest absolute Gasteiger partial charge is 0.119 e. The lowest BCUT2D eigenvalue weighted by Gasteiger charge is -2.41. The number of rotatable bonds is 5. The van der Waals surface area contributed by atoms with Crippen LogP contribution in [-0.2, 0) is 10.2 Å². The van der Waals surface area contributed by atoms with E-state index in [0.29, 0.717) is 12.5 Å². The molecule has 0 bridgehead atoms. The van der Waals surface area contributed by atoms with E-state index in [-0.39, 0.29) is 5.41 Å². The van der Waals surface area contributed by atoms with Crippen LogP contribution in [0, 0.1) is 0 Å². The quantitative estimate of drug-likeness (QED) is 0.737. The molecule has 16 heavy (non-hydrogen) atoms. The fraction of sp³-hybridized carbons (Fsp3) is 0.538. The van der Waals surface area contributed by atoms with Gasteiger partial charge in [-0.15, -0.1) is 11.6 Å². The van der Waals surface area contributed by atoms with E-state index < -0.39 is 0 Å². The largest absolute Gasteiger partial charge is 0.494 e. The summed E-state index contributed by atoms with van der Waals surface area (Å²) in [5.74, 6) is 1.60. The second-order valence-electron chi connectivity index (χ2n) is 4.17. The molecule has 1 aliphatic heterocycles. The van der Waals surface area contributed by atoms with Crippen LogP contribution in [-0.4, -0.2) is 25.7 Å². The summed E-state index contributed by atoms with van der Waals surface area (Å²) < 4.78 is 10.8. The molecule has 0 N–H and O–H groups in total. The first-order chi connectivity index (χ1) is 7.80. The zero-order valence-corrected chi connectivity index (χ0v) is 10.3. The molecule has 2 nitrogen and oxygen atoms in total. The molecule has 1 fully saturated rings. The lowest BCUT2D eigenvalue weighted by atomic mass is 9.76. The van der Waals surface area contributed by atoms with E-state index in [4.69, 9.17) is 21.1 Å². The van der Waals surface area contributed by atoms with Gasteiger partial charge in [-0.2, -0.15) is 0 Å². The molecule has 1 aliphatic rings. The van der Waals surface area contributed by atoms with Gasteiger partial charge in [0, 0.05) is 11.3 Å². The number of hydrogen-bond donors (Lipinski definition) is 0. The van der Waals surface area contributed by atoms with Crippen molar-refractivity contribution in [3.05, 3.63) is 29.8 Å². The minimum absolute atomic E-state index is 0.145. The first kappa shape index (κ1) is 11.7. The summed E-state index contributed by atoms with van der Waals surface area (Å²) in [6, 6.07) is 8.29. The minimum Gasteiger partial charge on any atom is -0.494 e. The Morgan fingerprint density at radius 3 is 2.44 bits per heavy atom. The van der Waals surface area contributed by atoms with Crippen molar-refractivity contribution in [1.29, 1.82) is 0 Å². The molecule has 0 amide bonds. The Bertz CT molecular complexity index is 330. The number of halogens is 1. The Labute approximate surface area is 102 Å². The van der Waals surface area contributed by atoms with Crippen molar-refractivity contribution < 1.29 is 9.47 Å². The number of alkyl halides is 1. The van der Waals surface area contributed by atoms with Gasteiger partial charge in [0.15, 0.2) is 0 Å². The van der Waals surface area contributed by atoms with E-state index in [9.17, 15) is 0 Å². The number of ether oxygens (including phenoxy) is 2. The molecule has 0 radical (unpaired) electrons. The average Bonchev–Trinajstić information content (AvgIpc) is 2.25. The average molecular weight is 241 g/mol. The SMILES string of the molecule is CCOc1ccc(C2(CCCl)COC2)cc1. The first-order valence-corrected chi connectivity index (χ1v) is 6.21. The highest BCUT2D eigenvalue weighted by Crippen LogP contribution is 2.36. The second-order valence-corrected chi connectivity index (χ2v) is 4.55. The van der Waals surface area contributed by atoms with Crippen LogP contribution in [0.25, 0.3) is 0 Å². The van der Waals surface area contributed by atoms with E-state index in [1.54, 1.807) is 0 Å². The van der Waals surface area contributed by atoms with Gasteiger partial charge in [-0.05, 0) is 31.0 Å². The summed E-state index contributed by atoms with van der Waals surface area (Å²) in [4.78, 5) is 0.